The van der Waals surface area contributed by atoms with Crippen LogP contribution in [0.15, 0.2) is 27.4 Å². The van der Waals surface area contributed by atoms with Gasteiger partial charge in [0.15, 0.2) is 11.4 Å². The molecular weight excluding hydrogens is 182 g/mol. The average Bonchev–Trinajstić information content (AvgIpc) is 2.14. The topological polar surface area (TPSA) is 76.5 Å². The van der Waals surface area contributed by atoms with Gasteiger partial charge in [0.2, 0.25) is 0 Å². The van der Waals surface area contributed by atoms with Crippen LogP contribution in [-0.4, -0.2) is 5.11 Å². The highest BCUT2D eigenvalue weighted by atomic mass is 16.4. The maximum Gasteiger partial charge on any atom is 0.363 e. The number of rotatable bonds is 0. The lowest BCUT2D eigenvalue weighted by Gasteiger charge is -2.04. The minimum atomic E-state index is -0.708. The van der Waals surface area contributed by atoms with Crippen LogP contribution in [0.1, 0.15) is 5.56 Å². The number of nitrogen functional groups attached to an aromatic ring is 1. The first-order chi connectivity index (χ1) is 6.61. The van der Waals surface area contributed by atoms with E-state index in [2.05, 4.69) is 0 Å². The van der Waals surface area contributed by atoms with E-state index >= 15 is 0 Å². The molecule has 0 aliphatic carbocycles. The highest BCUT2D eigenvalue weighted by Gasteiger charge is 2.11. The van der Waals surface area contributed by atoms with Crippen molar-refractivity contribution in [2.24, 2.45) is 0 Å². The number of hydrogen-bond donors (Lipinski definition) is 2. The standard InChI is InChI=1S/C10H9NO3/c1-5-3-2-4-6-7(5)9(12)8(11)10(13)14-6/h2-4,12H,11H2,1H3. The molecular formula is C10H9NO3. The van der Waals surface area contributed by atoms with Gasteiger partial charge in [-0.15, -0.1) is 0 Å². The second-order valence-electron chi connectivity index (χ2n) is 3.10. The first-order valence-corrected chi connectivity index (χ1v) is 4.12. The summed E-state index contributed by atoms with van der Waals surface area (Å²) >= 11 is 0. The van der Waals surface area contributed by atoms with E-state index in [-0.39, 0.29) is 11.4 Å². The molecule has 0 radical (unpaired) electrons. The molecule has 72 valence electrons. The van der Waals surface area contributed by atoms with Crippen molar-refractivity contribution in [3.63, 3.8) is 0 Å². The monoisotopic (exact) mass is 191 g/mol. The fourth-order valence-corrected chi connectivity index (χ4v) is 1.42. The van der Waals surface area contributed by atoms with Gasteiger partial charge in [0.1, 0.15) is 5.58 Å². The Bertz CT molecular complexity index is 557. The normalized spacial score (nSPS) is 10.6. The minimum Gasteiger partial charge on any atom is -0.505 e. The Kier molecular flexibility index (Phi) is 1.70. The summed E-state index contributed by atoms with van der Waals surface area (Å²) in [6.07, 6.45) is 0. The van der Waals surface area contributed by atoms with E-state index in [1.807, 2.05) is 13.0 Å². The highest BCUT2D eigenvalue weighted by molar-refractivity contribution is 5.90. The largest absolute Gasteiger partial charge is 0.505 e. The minimum absolute atomic E-state index is 0.200. The van der Waals surface area contributed by atoms with Gasteiger partial charge < -0.3 is 15.3 Å². The molecule has 0 amide bonds. The van der Waals surface area contributed by atoms with Crippen molar-refractivity contribution >= 4 is 16.7 Å². The summed E-state index contributed by atoms with van der Waals surface area (Å²) in [4.78, 5) is 11.1. The van der Waals surface area contributed by atoms with Gasteiger partial charge in [0, 0.05) is 0 Å². The van der Waals surface area contributed by atoms with Crippen molar-refractivity contribution in [2.75, 3.05) is 5.73 Å². The molecule has 3 N–H and O–H groups in total. The van der Waals surface area contributed by atoms with E-state index < -0.39 is 5.63 Å². The van der Waals surface area contributed by atoms with Gasteiger partial charge in [-0.1, -0.05) is 12.1 Å². The number of fused-ring (bicyclic) bond motifs is 1. The molecule has 1 heterocycles. The van der Waals surface area contributed by atoms with Crippen LogP contribution in [0, 0.1) is 6.92 Å². The zero-order valence-electron chi connectivity index (χ0n) is 7.57. The second kappa shape index (κ2) is 2.77. The van der Waals surface area contributed by atoms with Gasteiger partial charge in [0.05, 0.1) is 5.39 Å². The van der Waals surface area contributed by atoms with Crippen molar-refractivity contribution in [1.82, 2.24) is 0 Å². The average molecular weight is 191 g/mol. The van der Waals surface area contributed by atoms with Crippen LogP contribution in [0.25, 0.3) is 11.0 Å². The Morgan fingerprint density at radius 3 is 2.86 bits per heavy atom. The first kappa shape index (κ1) is 8.62. The molecule has 1 aromatic heterocycles. The summed E-state index contributed by atoms with van der Waals surface area (Å²) in [5.74, 6) is -0.200. The molecule has 0 saturated heterocycles. The van der Waals surface area contributed by atoms with E-state index in [1.54, 1.807) is 12.1 Å². The summed E-state index contributed by atoms with van der Waals surface area (Å²) in [5.41, 5.74) is 5.57. The van der Waals surface area contributed by atoms with E-state index in [0.29, 0.717) is 11.0 Å². The Balaban J connectivity index is 3.07. The third-order valence-electron chi connectivity index (χ3n) is 2.15. The van der Waals surface area contributed by atoms with Gasteiger partial charge in [-0.25, -0.2) is 4.79 Å². The summed E-state index contributed by atoms with van der Waals surface area (Å²) in [6.45, 7) is 1.81. The van der Waals surface area contributed by atoms with Crippen molar-refractivity contribution in [1.29, 1.82) is 0 Å². The van der Waals surface area contributed by atoms with Crippen LogP contribution in [0.4, 0.5) is 5.69 Å². The summed E-state index contributed by atoms with van der Waals surface area (Å²) in [6, 6.07) is 5.17. The van der Waals surface area contributed by atoms with Crippen LogP contribution in [-0.2, 0) is 0 Å². The van der Waals surface area contributed by atoms with Gasteiger partial charge in [-0.2, -0.15) is 0 Å². The molecule has 0 saturated carbocycles. The predicted octanol–water partition coefficient (Wildman–Crippen LogP) is 1.39. The van der Waals surface area contributed by atoms with Gasteiger partial charge in [0.25, 0.3) is 0 Å². The Labute approximate surface area is 79.6 Å². The lowest BCUT2D eigenvalue weighted by molar-refractivity contribution is 0.472. The van der Waals surface area contributed by atoms with Crippen molar-refractivity contribution in [3.05, 3.63) is 34.2 Å². The number of aromatic hydroxyl groups is 1. The molecule has 14 heavy (non-hydrogen) atoms. The lowest BCUT2D eigenvalue weighted by Crippen LogP contribution is -2.06. The Morgan fingerprint density at radius 2 is 2.14 bits per heavy atom. The van der Waals surface area contributed by atoms with Crippen molar-refractivity contribution in [3.8, 4) is 5.75 Å². The molecule has 0 bridgehead atoms. The van der Waals surface area contributed by atoms with Crippen molar-refractivity contribution < 1.29 is 9.52 Å². The maximum atomic E-state index is 11.1. The zero-order valence-corrected chi connectivity index (χ0v) is 7.57. The summed E-state index contributed by atoms with van der Waals surface area (Å²) in [5, 5.41) is 10.1. The number of aryl methyl sites for hydroxylation is 1. The molecule has 0 fully saturated rings. The smallest absolute Gasteiger partial charge is 0.363 e. The molecule has 0 unspecified atom stereocenters. The molecule has 2 rings (SSSR count). The number of hydrogen-bond acceptors (Lipinski definition) is 4. The fourth-order valence-electron chi connectivity index (χ4n) is 1.42. The number of anilines is 1. The van der Waals surface area contributed by atoms with E-state index in [9.17, 15) is 9.90 Å². The van der Waals surface area contributed by atoms with E-state index in [0.717, 1.165) is 5.56 Å². The molecule has 0 aliphatic rings. The molecule has 4 heteroatoms. The molecule has 0 spiro atoms. The maximum absolute atomic E-state index is 11.1. The van der Waals surface area contributed by atoms with E-state index in [4.69, 9.17) is 10.2 Å². The second-order valence-corrected chi connectivity index (χ2v) is 3.10. The first-order valence-electron chi connectivity index (χ1n) is 4.12. The Hall–Kier alpha value is -1.97. The SMILES string of the molecule is Cc1cccc2oc(=O)c(N)c(O)c12. The molecule has 4 nitrogen and oxygen atoms in total. The molecule has 1 aromatic carbocycles. The van der Waals surface area contributed by atoms with Crippen LogP contribution >= 0.6 is 0 Å². The number of benzene rings is 1. The third kappa shape index (κ3) is 1.04. The van der Waals surface area contributed by atoms with Crippen LogP contribution in [0.5, 0.6) is 5.75 Å². The van der Waals surface area contributed by atoms with E-state index in [1.165, 1.54) is 0 Å². The quantitative estimate of drug-likeness (QED) is 0.617. The van der Waals surface area contributed by atoms with Gasteiger partial charge in [-0.3, -0.25) is 0 Å². The summed E-state index contributed by atoms with van der Waals surface area (Å²) in [7, 11) is 0. The summed E-state index contributed by atoms with van der Waals surface area (Å²) < 4.78 is 4.91. The van der Waals surface area contributed by atoms with Crippen molar-refractivity contribution in [2.45, 2.75) is 6.92 Å². The predicted molar refractivity (Wildman–Crippen MR) is 53.3 cm³/mol. The highest BCUT2D eigenvalue weighted by Crippen LogP contribution is 2.29. The van der Waals surface area contributed by atoms with Crippen LogP contribution in [0.3, 0.4) is 0 Å². The molecule has 2 aromatic rings. The fraction of sp³-hybridized carbons (Fsp3) is 0.100. The lowest BCUT2D eigenvalue weighted by atomic mass is 10.1. The Morgan fingerprint density at radius 1 is 1.43 bits per heavy atom. The zero-order chi connectivity index (χ0) is 10.3. The van der Waals surface area contributed by atoms with Gasteiger partial charge >= 0.3 is 5.63 Å². The van der Waals surface area contributed by atoms with Gasteiger partial charge in [-0.05, 0) is 18.6 Å². The molecule has 0 atom stereocenters. The molecule has 0 aliphatic heterocycles. The third-order valence-corrected chi connectivity index (χ3v) is 2.15. The number of nitrogens with two attached hydrogens (primary N) is 1. The van der Waals surface area contributed by atoms with Crippen LogP contribution in [0.2, 0.25) is 0 Å². The van der Waals surface area contributed by atoms with Crippen LogP contribution < -0.4 is 11.4 Å².